The van der Waals surface area contributed by atoms with E-state index in [0.717, 1.165) is 24.2 Å². The van der Waals surface area contributed by atoms with Gasteiger partial charge < -0.3 is 5.32 Å². The second kappa shape index (κ2) is 11.3. The average molecular weight is 423 g/mol. The number of aromatic nitrogens is 2. The van der Waals surface area contributed by atoms with Crippen LogP contribution in [-0.4, -0.2) is 22.4 Å². The largest absolute Gasteiger partial charge is 0.352 e. The Hall–Kier alpha value is -2.92. The highest BCUT2D eigenvalue weighted by atomic mass is 35.5. The summed E-state index contributed by atoms with van der Waals surface area (Å²) >= 11 is 6.44. The van der Waals surface area contributed by atoms with Gasteiger partial charge in [-0.15, -0.1) is 0 Å². The van der Waals surface area contributed by atoms with E-state index < -0.39 is 0 Å². The molecular weight excluding hydrogens is 396 g/mol. The first kappa shape index (κ1) is 21.8. The number of anilines is 3. The second-order valence-corrected chi connectivity index (χ2v) is 7.47. The second-order valence-electron chi connectivity index (χ2n) is 7.06. The van der Waals surface area contributed by atoms with Crippen molar-refractivity contribution in [2.75, 3.05) is 11.4 Å². The van der Waals surface area contributed by atoms with Crippen molar-refractivity contribution in [1.82, 2.24) is 15.3 Å². The van der Waals surface area contributed by atoms with E-state index in [9.17, 15) is 4.79 Å². The normalized spacial score (nSPS) is 10.6. The van der Waals surface area contributed by atoms with E-state index in [2.05, 4.69) is 22.2 Å². The number of rotatable bonds is 10. The van der Waals surface area contributed by atoms with Gasteiger partial charge in [-0.3, -0.25) is 9.69 Å². The highest BCUT2D eigenvalue weighted by Crippen LogP contribution is 2.36. The van der Waals surface area contributed by atoms with Crippen molar-refractivity contribution in [3.63, 3.8) is 0 Å². The molecule has 6 heteroatoms. The predicted octanol–water partition coefficient (Wildman–Crippen LogP) is 6.30. The number of hydrogen-bond donors (Lipinski definition) is 1. The van der Waals surface area contributed by atoms with E-state index in [4.69, 9.17) is 11.6 Å². The van der Waals surface area contributed by atoms with Crippen molar-refractivity contribution in [3.05, 3.63) is 77.6 Å². The van der Waals surface area contributed by atoms with Gasteiger partial charge in [0.15, 0.2) is 0 Å². The molecule has 0 unspecified atom stereocenters. The summed E-state index contributed by atoms with van der Waals surface area (Å²) in [5.74, 6) is 0.298. The summed E-state index contributed by atoms with van der Waals surface area (Å²) in [4.78, 5) is 23.2. The Balaban J connectivity index is 1.73. The molecule has 0 atom stereocenters. The van der Waals surface area contributed by atoms with Gasteiger partial charge >= 0.3 is 0 Å². The Morgan fingerprint density at radius 3 is 2.30 bits per heavy atom. The summed E-state index contributed by atoms with van der Waals surface area (Å²) < 4.78 is 0. The van der Waals surface area contributed by atoms with Gasteiger partial charge in [-0.05, 0) is 30.7 Å². The van der Waals surface area contributed by atoms with Gasteiger partial charge in [-0.1, -0.05) is 74.5 Å². The number of amides is 1. The molecule has 1 heterocycles. The topological polar surface area (TPSA) is 58.1 Å². The lowest BCUT2D eigenvalue weighted by atomic mass is 10.1. The van der Waals surface area contributed by atoms with E-state index in [0.29, 0.717) is 23.1 Å². The molecule has 5 nitrogen and oxygen atoms in total. The minimum atomic E-state index is -0.152. The fourth-order valence-electron chi connectivity index (χ4n) is 3.16. The molecule has 2 aromatic carbocycles. The minimum Gasteiger partial charge on any atom is -0.352 e. The molecule has 1 N–H and O–H groups in total. The van der Waals surface area contributed by atoms with Gasteiger partial charge in [0.1, 0.15) is 0 Å². The Morgan fingerprint density at radius 1 is 0.933 bits per heavy atom. The SMILES string of the molecule is CCCCCCCNC(=O)c1cnc(N(c2ccccc2)c2ccccc2Cl)nc1. The van der Waals surface area contributed by atoms with E-state index in [1.54, 1.807) is 12.4 Å². The van der Waals surface area contributed by atoms with Gasteiger partial charge in [0, 0.05) is 24.6 Å². The number of nitrogens with zero attached hydrogens (tertiary/aromatic N) is 3. The molecule has 0 saturated carbocycles. The third kappa shape index (κ3) is 5.80. The van der Waals surface area contributed by atoms with Crippen LogP contribution in [0.3, 0.4) is 0 Å². The summed E-state index contributed by atoms with van der Waals surface area (Å²) in [6, 6.07) is 17.3. The van der Waals surface area contributed by atoms with Crippen molar-refractivity contribution in [1.29, 1.82) is 0 Å². The third-order valence-electron chi connectivity index (χ3n) is 4.77. The number of hydrogen-bond acceptors (Lipinski definition) is 4. The number of para-hydroxylation sites is 2. The van der Waals surface area contributed by atoms with E-state index >= 15 is 0 Å². The van der Waals surface area contributed by atoms with Crippen LogP contribution in [0.15, 0.2) is 67.0 Å². The van der Waals surface area contributed by atoms with Crippen LogP contribution in [0.2, 0.25) is 5.02 Å². The maximum absolute atomic E-state index is 12.4. The van der Waals surface area contributed by atoms with E-state index in [1.165, 1.54) is 19.3 Å². The zero-order valence-corrected chi connectivity index (χ0v) is 18.0. The van der Waals surface area contributed by atoms with Crippen LogP contribution in [0.5, 0.6) is 0 Å². The monoisotopic (exact) mass is 422 g/mol. The van der Waals surface area contributed by atoms with Gasteiger partial charge in [-0.25, -0.2) is 9.97 Å². The number of unbranched alkanes of at least 4 members (excludes halogenated alkanes) is 4. The molecule has 0 aliphatic carbocycles. The van der Waals surface area contributed by atoms with Gasteiger partial charge in [0.05, 0.1) is 16.3 Å². The molecule has 0 radical (unpaired) electrons. The quantitative estimate of drug-likeness (QED) is 0.389. The highest BCUT2D eigenvalue weighted by molar-refractivity contribution is 6.33. The third-order valence-corrected chi connectivity index (χ3v) is 5.09. The lowest BCUT2D eigenvalue weighted by Crippen LogP contribution is -2.25. The standard InChI is InChI=1S/C24H27ClN4O/c1-2-3-4-5-11-16-26-23(30)19-17-27-24(28-18-19)29(20-12-7-6-8-13-20)22-15-10-9-14-21(22)25/h6-10,12-15,17-18H,2-5,11,16H2,1H3,(H,26,30). The number of carbonyl (C=O) groups is 1. The fraction of sp³-hybridized carbons (Fsp3) is 0.292. The van der Waals surface area contributed by atoms with E-state index in [-0.39, 0.29) is 5.91 Å². The van der Waals surface area contributed by atoms with Crippen LogP contribution in [0.4, 0.5) is 17.3 Å². The minimum absolute atomic E-state index is 0.152. The first-order valence-electron chi connectivity index (χ1n) is 10.4. The van der Waals surface area contributed by atoms with Crippen LogP contribution >= 0.6 is 11.6 Å². The van der Waals surface area contributed by atoms with Crippen molar-refractivity contribution in [2.24, 2.45) is 0 Å². The smallest absolute Gasteiger partial charge is 0.254 e. The molecule has 0 aliphatic heterocycles. The predicted molar refractivity (Wildman–Crippen MR) is 123 cm³/mol. The van der Waals surface area contributed by atoms with Crippen molar-refractivity contribution in [2.45, 2.75) is 39.0 Å². The number of halogens is 1. The van der Waals surface area contributed by atoms with Crippen LogP contribution in [0.1, 0.15) is 49.4 Å². The Labute approximate surface area is 183 Å². The highest BCUT2D eigenvalue weighted by Gasteiger charge is 2.18. The first-order valence-corrected chi connectivity index (χ1v) is 10.8. The van der Waals surface area contributed by atoms with Crippen LogP contribution < -0.4 is 10.2 Å². The molecule has 1 amide bonds. The molecule has 156 valence electrons. The molecule has 0 saturated heterocycles. The zero-order valence-electron chi connectivity index (χ0n) is 17.2. The summed E-state index contributed by atoms with van der Waals surface area (Å²) in [7, 11) is 0. The maximum atomic E-state index is 12.4. The molecule has 0 aliphatic rings. The van der Waals surface area contributed by atoms with E-state index in [1.807, 2.05) is 59.5 Å². The maximum Gasteiger partial charge on any atom is 0.254 e. The van der Waals surface area contributed by atoms with Crippen molar-refractivity contribution >= 4 is 34.8 Å². The average Bonchev–Trinajstić information content (AvgIpc) is 2.79. The van der Waals surface area contributed by atoms with Gasteiger partial charge in [-0.2, -0.15) is 0 Å². The number of carbonyl (C=O) groups excluding carboxylic acids is 1. The molecule has 3 rings (SSSR count). The summed E-state index contributed by atoms with van der Waals surface area (Å²) in [6.45, 7) is 2.86. The molecule has 1 aromatic heterocycles. The number of benzene rings is 2. The van der Waals surface area contributed by atoms with Gasteiger partial charge in [0.25, 0.3) is 5.91 Å². The Kier molecular flexibility index (Phi) is 8.21. The lowest BCUT2D eigenvalue weighted by Gasteiger charge is -2.23. The molecule has 0 fully saturated rings. The zero-order chi connectivity index (χ0) is 21.2. The molecule has 0 bridgehead atoms. The van der Waals surface area contributed by atoms with Crippen LogP contribution in [0.25, 0.3) is 0 Å². The lowest BCUT2D eigenvalue weighted by molar-refractivity contribution is 0.0952. The number of nitrogens with one attached hydrogen (secondary N) is 1. The summed E-state index contributed by atoms with van der Waals surface area (Å²) in [5.41, 5.74) is 2.10. The first-order chi connectivity index (χ1) is 14.7. The summed E-state index contributed by atoms with van der Waals surface area (Å²) in [5, 5.41) is 3.54. The van der Waals surface area contributed by atoms with Crippen molar-refractivity contribution < 1.29 is 4.79 Å². The molecular formula is C24H27ClN4O. The van der Waals surface area contributed by atoms with Gasteiger partial charge in [0.2, 0.25) is 5.95 Å². The van der Waals surface area contributed by atoms with Crippen LogP contribution in [-0.2, 0) is 0 Å². The summed E-state index contributed by atoms with van der Waals surface area (Å²) in [6.07, 6.45) is 8.90. The van der Waals surface area contributed by atoms with Crippen LogP contribution in [0, 0.1) is 0 Å². The Bertz CT molecular complexity index is 931. The Morgan fingerprint density at radius 2 is 1.60 bits per heavy atom. The molecule has 0 spiro atoms. The molecule has 3 aromatic rings. The van der Waals surface area contributed by atoms with Crippen molar-refractivity contribution in [3.8, 4) is 0 Å². The molecule has 30 heavy (non-hydrogen) atoms. The fourth-order valence-corrected chi connectivity index (χ4v) is 3.38.